The third-order valence-electron chi connectivity index (χ3n) is 5.61. The van der Waals surface area contributed by atoms with Crippen LogP contribution in [0.2, 0.25) is 0 Å². The summed E-state index contributed by atoms with van der Waals surface area (Å²) in [6.07, 6.45) is 19.3. The van der Waals surface area contributed by atoms with Crippen molar-refractivity contribution < 1.29 is 4.48 Å². The minimum absolute atomic E-state index is 0.960. The van der Waals surface area contributed by atoms with Crippen LogP contribution in [0.25, 0.3) is 0 Å². The van der Waals surface area contributed by atoms with Crippen molar-refractivity contribution in [3.8, 4) is 0 Å². The summed E-state index contributed by atoms with van der Waals surface area (Å²) < 4.78 is 0.960. The molecule has 0 aromatic heterocycles. The van der Waals surface area contributed by atoms with Crippen molar-refractivity contribution in [2.45, 2.75) is 84.1 Å². The maximum Gasteiger partial charge on any atom is 0.105 e. The third kappa shape index (κ3) is 10.5. The molecule has 1 rings (SSSR count). The standard InChI is InChI=1S/C26H44N/c1-5-8-9-10-11-12-13-14-15-16-19-25-20-17-18-21-26(25)24-27(4,22-6-2)23-7-3/h6-7,17-18,20-21H,2-3,5,8-16,19,22-24H2,1,4H3/q+1. The topological polar surface area (TPSA) is 0 Å². The highest BCUT2D eigenvalue weighted by Crippen LogP contribution is 2.19. The van der Waals surface area contributed by atoms with Crippen LogP contribution in [0.4, 0.5) is 0 Å². The molecule has 0 saturated carbocycles. The highest BCUT2D eigenvalue weighted by molar-refractivity contribution is 5.26. The minimum atomic E-state index is 0.960. The maximum absolute atomic E-state index is 3.95. The Morgan fingerprint density at radius 3 is 1.74 bits per heavy atom. The number of benzene rings is 1. The van der Waals surface area contributed by atoms with Crippen LogP contribution in [-0.4, -0.2) is 24.6 Å². The maximum atomic E-state index is 3.95. The number of aryl methyl sites for hydroxylation is 1. The second-order valence-corrected chi connectivity index (χ2v) is 8.42. The quantitative estimate of drug-likeness (QED) is 0.151. The van der Waals surface area contributed by atoms with Gasteiger partial charge in [-0.15, -0.1) is 0 Å². The molecule has 0 saturated heterocycles. The highest BCUT2D eigenvalue weighted by atomic mass is 15.3. The first kappa shape index (κ1) is 23.7. The summed E-state index contributed by atoms with van der Waals surface area (Å²) >= 11 is 0. The summed E-state index contributed by atoms with van der Waals surface area (Å²) in [7, 11) is 2.31. The highest BCUT2D eigenvalue weighted by Gasteiger charge is 2.20. The Kier molecular flexibility index (Phi) is 12.9. The molecule has 0 unspecified atom stereocenters. The second-order valence-electron chi connectivity index (χ2n) is 8.42. The molecule has 0 aliphatic rings. The average Bonchev–Trinajstić information content (AvgIpc) is 2.65. The van der Waals surface area contributed by atoms with Gasteiger partial charge in [0.1, 0.15) is 6.54 Å². The van der Waals surface area contributed by atoms with Crippen molar-refractivity contribution >= 4 is 0 Å². The fraction of sp³-hybridized carbons (Fsp3) is 0.615. The number of quaternary nitrogens is 1. The van der Waals surface area contributed by atoms with Gasteiger partial charge in [0.25, 0.3) is 0 Å². The molecule has 0 aliphatic carbocycles. The lowest BCUT2D eigenvalue weighted by Gasteiger charge is -2.33. The molecule has 0 bridgehead atoms. The van der Waals surface area contributed by atoms with E-state index in [0.717, 1.165) is 24.1 Å². The fourth-order valence-electron chi connectivity index (χ4n) is 4.00. The van der Waals surface area contributed by atoms with Crippen molar-refractivity contribution in [3.63, 3.8) is 0 Å². The van der Waals surface area contributed by atoms with Gasteiger partial charge in [0.2, 0.25) is 0 Å². The second kappa shape index (κ2) is 14.7. The number of nitrogens with zero attached hydrogens (tertiary/aromatic N) is 1. The Labute approximate surface area is 169 Å². The molecule has 152 valence electrons. The van der Waals surface area contributed by atoms with E-state index in [2.05, 4.69) is 51.4 Å². The molecular formula is C26H44N+. The summed E-state index contributed by atoms with van der Waals surface area (Å²) in [4.78, 5) is 0. The summed E-state index contributed by atoms with van der Waals surface area (Å²) in [5.74, 6) is 0. The van der Waals surface area contributed by atoms with Crippen LogP contribution in [0.5, 0.6) is 0 Å². The molecule has 0 radical (unpaired) electrons. The van der Waals surface area contributed by atoms with E-state index in [9.17, 15) is 0 Å². The molecule has 1 aromatic rings. The van der Waals surface area contributed by atoms with Crippen LogP contribution in [0.15, 0.2) is 49.6 Å². The van der Waals surface area contributed by atoms with Crippen molar-refractivity contribution in [2.75, 3.05) is 20.1 Å². The summed E-state index contributed by atoms with van der Waals surface area (Å²) in [6.45, 7) is 13.2. The smallest absolute Gasteiger partial charge is 0.105 e. The monoisotopic (exact) mass is 370 g/mol. The fourth-order valence-corrected chi connectivity index (χ4v) is 4.00. The van der Waals surface area contributed by atoms with E-state index in [0.29, 0.717) is 0 Å². The normalized spacial score (nSPS) is 11.5. The molecule has 1 aromatic carbocycles. The molecule has 1 nitrogen and oxygen atoms in total. The average molecular weight is 371 g/mol. The molecule has 1 heteroatoms. The van der Waals surface area contributed by atoms with Crippen molar-refractivity contribution in [3.05, 3.63) is 60.7 Å². The SMILES string of the molecule is C=CC[N+](C)(CC=C)Cc1ccccc1CCCCCCCCCCCC. The number of unbranched alkanes of at least 4 members (excludes halogenated alkanes) is 9. The lowest BCUT2D eigenvalue weighted by Crippen LogP contribution is -2.43. The zero-order chi connectivity index (χ0) is 19.8. The van der Waals surface area contributed by atoms with Crippen LogP contribution in [0.3, 0.4) is 0 Å². The van der Waals surface area contributed by atoms with E-state index in [1.165, 1.54) is 81.8 Å². The molecular weight excluding hydrogens is 326 g/mol. The van der Waals surface area contributed by atoms with Gasteiger partial charge in [-0.3, -0.25) is 0 Å². The van der Waals surface area contributed by atoms with Gasteiger partial charge in [-0.2, -0.15) is 0 Å². The Bertz CT molecular complexity index is 507. The zero-order valence-electron chi connectivity index (χ0n) is 18.2. The molecule has 27 heavy (non-hydrogen) atoms. The summed E-state index contributed by atoms with van der Waals surface area (Å²) in [5, 5.41) is 0. The largest absolute Gasteiger partial charge is 0.316 e. The molecule has 0 fully saturated rings. The van der Waals surface area contributed by atoms with Crippen molar-refractivity contribution in [2.24, 2.45) is 0 Å². The first-order valence-corrected chi connectivity index (χ1v) is 11.3. The molecule has 0 N–H and O–H groups in total. The lowest BCUT2D eigenvalue weighted by atomic mass is 9.99. The van der Waals surface area contributed by atoms with E-state index in [4.69, 9.17) is 0 Å². The predicted octanol–water partition coefficient (Wildman–Crippen LogP) is 7.47. The molecule has 0 atom stereocenters. The van der Waals surface area contributed by atoms with E-state index in [1.54, 1.807) is 0 Å². The van der Waals surface area contributed by atoms with Gasteiger partial charge >= 0.3 is 0 Å². The summed E-state index contributed by atoms with van der Waals surface area (Å²) in [6, 6.07) is 9.02. The van der Waals surface area contributed by atoms with Crippen LogP contribution in [-0.2, 0) is 13.0 Å². The zero-order valence-corrected chi connectivity index (χ0v) is 18.2. The van der Waals surface area contributed by atoms with Crippen LogP contribution in [0, 0.1) is 0 Å². The first-order valence-electron chi connectivity index (χ1n) is 11.3. The Hall–Kier alpha value is -1.34. The van der Waals surface area contributed by atoms with Crippen molar-refractivity contribution in [1.82, 2.24) is 0 Å². The van der Waals surface area contributed by atoms with E-state index >= 15 is 0 Å². The molecule has 0 aliphatic heterocycles. The van der Waals surface area contributed by atoms with Crippen molar-refractivity contribution in [1.29, 1.82) is 0 Å². The van der Waals surface area contributed by atoms with Gasteiger partial charge in [-0.05, 0) is 30.6 Å². The molecule has 0 amide bonds. The van der Waals surface area contributed by atoms with Gasteiger partial charge in [0.15, 0.2) is 0 Å². The van der Waals surface area contributed by atoms with E-state index in [-0.39, 0.29) is 0 Å². The number of likely N-dealkylation sites (N-methyl/N-ethyl adjacent to an activating group) is 1. The number of hydrogen-bond acceptors (Lipinski definition) is 0. The van der Waals surface area contributed by atoms with Gasteiger partial charge in [-0.1, -0.05) is 102 Å². The molecule has 0 heterocycles. The predicted molar refractivity (Wildman–Crippen MR) is 122 cm³/mol. The molecule has 0 spiro atoms. The Morgan fingerprint density at radius 2 is 1.22 bits per heavy atom. The summed E-state index contributed by atoms with van der Waals surface area (Å²) in [5.41, 5.74) is 3.04. The van der Waals surface area contributed by atoms with Crippen LogP contribution >= 0.6 is 0 Å². The van der Waals surface area contributed by atoms with Crippen LogP contribution in [0.1, 0.15) is 82.3 Å². The van der Waals surface area contributed by atoms with Gasteiger partial charge in [-0.25, -0.2) is 0 Å². The first-order chi connectivity index (χ1) is 13.1. The Balaban J connectivity index is 2.35. The van der Waals surface area contributed by atoms with Gasteiger partial charge in [0, 0.05) is 5.56 Å². The lowest BCUT2D eigenvalue weighted by molar-refractivity contribution is -0.911. The minimum Gasteiger partial charge on any atom is -0.316 e. The van der Waals surface area contributed by atoms with E-state index < -0.39 is 0 Å². The van der Waals surface area contributed by atoms with Gasteiger partial charge < -0.3 is 4.48 Å². The van der Waals surface area contributed by atoms with E-state index in [1.807, 2.05) is 12.2 Å². The number of rotatable bonds is 17. The third-order valence-corrected chi connectivity index (χ3v) is 5.61. The van der Waals surface area contributed by atoms with Crippen LogP contribution < -0.4 is 0 Å². The Morgan fingerprint density at radius 1 is 0.741 bits per heavy atom. The van der Waals surface area contributed by atoms with Gasteiger partial charge in [0.05, 0.1) is 20.1 Å². The number of hydrogen-bond donors (Lipinski definition) is 0.